The minimum absolute atomic E-state index is 0.730. The molecule has 18 heavy (non-hydrogen) atoms. The molecule has 0 saturated heterocycles. The van der Waals surface area contributed by atoms with Gasteiger partial charge in [-0.15, -0.1) is 0 Å². The molecule has 0 unspecified atom stereocenters. The summed E-state index contributed by atoms with van der Waals surface area (Å²) in [5.74, 6) is 0. The number of hydrogen-bond donors (Lipinski definition) is 0. The van der Waals surface area contributed by atoms with E-state index in [4.69, 9.17) is 0 Å². The first-order valence-corrected chi connectivity index (χ1v) is 5.68. The lowest BCUT2D eigenvalue weighted by atomic mass is 9.87. The van der Waals surface area contributed by atoms with Gasteiger partial charge in [-0.25, -0.2) is 4.98 Å². The van der Waals surface area contributed by atoms with E-state index in [2.05, 4.69) is 36.3 Å². The molecule has 0 atom stereocenters. The molecule has 1 aromatic rings. The van der Waals surface area contributed by atoms with Gasteiger partial charge in [0.15, 0.2) is 15.7 Å². The molecule has 0 aliphatic carbocycles. The van der Waals surface area contributed by atoms with Crippen LogP contribution in [0.4, 0.5) is 0 Å². The van der Waals surface area contributed by atoms with Crippen molar-refractivity contribution in [1.29, 1.82) is 0 Å². The molecule has 1 aromatic heterocycles. The number of rotatable bonds is 5. The van der Waals surface area contributed by atoms with E-state index >= 15 is 0 Å². The highest BCUT2D eigenvalue weighted by Gasteiger charge is 2.12. The van der Waals surface area contributed by atoms with Gasteiger partial charge in [-0.1, -0.05) is 44.5 Å². The highest BCUT2D eigenvalue weighted by Crippen LogP contribution is 2.22. The molecule has 0 saturated carbocycles. The Morgan fingerprint density at radius 1 is 0.944 bits per heavy atom. The van der Waals surface area contributed by atoms with Crippen molar-refractivity contribution < 1.29 is 0 Å². The molecule has 2 nitrogen and oxygen atoms in total. The second-order valence-electron chi connectivity index (χ2n) is 3.80. The Kier molecular flexibility index (Phi) is 4.66. The zero-order valence-electron chi connectivity index (χ0n) is 11.0. The summed E-state index contributed by atoms with van der Waals surface area (Å²) in [6.07, 6.45) is 6.99. The third-order valence-corrected chi connectivity index (χ3v) is 2.65. The average Bonchev–Trinajstić information content (AvgIpc) is 2.36. The van der Waals surface area contributed by atoms with Crippen molar-refractivity contribution >= 4 is 38.7 Å². The molecule has 0 amide bonds. The summed E-state index contributed by atoms with van der Waals surface area (Å²) in [6.45, 7) is 15.2. The van der Waals surface area contributed by atoms with Crippen LogP contribution in [0.5, 0.6) is 0 Å². The molecule has 1 rings (SSSR count). The molecule has 0 N–H and O–H groups in total. The Morgan fingerprint density at radius 2 is 1.56 bits per heavy atom. The summed E-state index contributed by atoms with van der Waals surface area (Å²) >= 11 is 0. The van der Waals surface area contributed by atoms with Crippen LogP contribution >= 0.6 is 0 Å². The number of aromatic nitrogens is 2. The highest BCUT2D eigenvalue weighted by atomic mass is 14.9. The van der Waals surface area contributed by atoms with Crippen molar-refractivity contribution in [3.05, 3.63) is 61.4 Å². The maximum atomic E-state index is 4.39. The van der Waals surface area contributed by atoms with Crippen LogP contribution in [0, 0.1) is 0 Å². The summed E-state index contributed by atoms with van der Waals surface area (Å²) in [5.41, 5.74) is 5.19. The highest BCUT2D eigenvalue weighted by molar-refractivity contribution is 6.36. The minimum Gasteiger partial charge on any atom is -0.260 e. The maximum Gasteiger partial charge on any atom is 0.189 e. The van der Waals surface area contributed by atoms with E-state index in [1.165, 1.54) is 0 Å². The summed E-state index contributed by atoms with van der Waals surface area (Å²) in [6, 6.07) is 0. The van der Waals surface area contributed by atoms with Gasteiger partial charge in [-0.05, 0) is 17.2 Å². The van der Waals surface area contributed by atoms with Gasteiger partial charge >= 0.3 is 0 Å². The first-order chi connectivity index (χ1) is 8.58. The lowest BCUT2D eigenvalue weighted by Gasteiger charge is -2.13. The van der Waals surface area contributed by atoms with Gasteiger partial charge in [-0.3, -0.25) is 4.98 Å². The molecule has 0 aliphatic heterocycles. The Morgan fingerprint density at radius 3 is 2.00 bits per heavy atom. The molecule has 88 valence electrons. The van der Waals surface area contributed by atoms with E-state index in [1.807, 2.05) is 15.7 Å². The van der Waals surface area contributed by atoms with Crippen LogP contribution in [0.3, 0.4) is 0 Å². The van der Waals surface area contributed by atoms with Gasteiger partial charge in [-0.2, -0.15) is 0 Å². The standard InChI is InChI=1S/C14H16B2N2/c1-5-9(6-2)10(7-3)12-11(8-4)17-14(16)18-13(12)15/h5-8H,1-4,15-16H2. The van der Waals surface area contributed by atoms with Crippen molar-refractivity contribution in [3.8, 4) is 0 Å². The van der Waals surface area contributed by atoms with Gasteiger partial charge < -0.3 is 0 Å². The second-order valence-corrected chi connectivity index (χ2v) is 3.80. The Balaban J connectivity index is 3.72. The van der Waals surface area contributed by atoms with E-state index in [9.17, 15) is 0 Å². The molecule has 0 aliphatic rings. The Hall–Kier alpha value is -2.09. The van der Waals surface area contributed by atoms with Crippen molar-refractivity contribution in [2.45, 2.75) is 0 Å². The predicted octanol–water partition coefficient (Wildman–Crippen LogP) is -0.0520. The van der Waals surface area contributed by atoms with E-state index in [0.29, 0.717) is 0 Å². The quantitative estimate of drug-likeness (QED) is 0.527. The van der Waals surface area contributed by atoms with Crippen molar-refractivity contribution in [3.63, 3.8) is 0 Å². The Bertz CT molecular complexity index is 547. The van der Waals surface area contributed by atoms with E-state index in [1.54, 1.807) is 24.3 Å². The third kappa shape index (κ3) is 2.59. The molecule has 0 radical (unpaired) electrons. The van der Waals surface area contributed by atoms with E-state index < -0.39 is 0 Å². The van der Waals surface area contributed by atoms with E-state index in [-0.39, 0.29) is 0 Å². The molecule has 0 aromatic carbocycles. The lowest BCUT2D eigenvalue weighted by Crippen LogP contribution is -2.28. The topological polar surface area (TPSA) is 25.8 Å². The normalized spacial score (nSPS) is 9.33. The van der Waals surface area contributed by atoms with Crippen LogP contribution in [0.2, 0.25) is 0 Å². The SMILES string of the molecule is Bc1nc(B)c(C(C=C)=C(C=C)C=C)c(C=C)n1. The predicted molar refractivity (Wildman–Crippen MR) is 86.0 cm³/mol. The van der Waals surface area contributed by atoms with Gasteiger partial charge in [0, 0.05) is 11.2 Å². The van der Waals surface area contributed by atoms with E-state index in [0.717, 1.165) is 33.7 Å². The molecule has 0 spiro atoms. The summed E-state index contributed by atoms with van der Waals surface area (Å²) in [4.78, 5) is 8.79. The fourth-order valence-corrected chi connectivity index (χ4v) is 1.89. The van der Waals surface area contributed by atoms with Crippen LogP contribution in [-0.4, -0.2) is 25.7 Å². The molecule has 0 fully saturated rings. The lowest BCUT2D eigenvalue weighted by molar-refractivity contribution is 1.23. The third-order valence-electron chi connectivity index (χ3n) is 2.65. The number of allylic oxidation sites excluding steroid dienone is 5. The fraction of sp³-hybridized carbons (Fsp3) is 0. The molecule has 1 heterocycles. The Labute approximate surface area is 110 Å². The largest absolute Gasteiger partial charge is 0.260 e. The van der Waals surface area contributed by atoms with Crippen LogP contribution < -0.4 is 11.3 Å². The molecular weight excluding hydrogens is 218 g/mol. The average molecular weight is 234 g/mol. The van der Waals surface area contributed by atoms with Crippen LogP contribution in [0.25, 0.3) is 11.6 Å². The van der Waals surface area contributed by atoms with Crippen molar-refractivity contribution in [2.24, 2.45) is 0 Å². The fourth-order valence-electron chi connectivity index (χ4n) is 1.89. The molecule has 0 bridgehead atoms. The monoisotopic (exact) mass is 234 g/mol. The zero-order chi connectivity index (χ0) is 13.7. The summed E-state index contributed by atoms with van der Waals surface area (Å²) in [5, 5.41) is 0. The molecular formula is C14H16B2N2. The number of hydrogen-bond acceptors (Lipinski definition) is 2. The zero-order valence-corrected chi connectivity index (χ0v) is 11.0. The van der Waals surface area contributed by atoms with Crippen LogP contribution in [-0.2, 0) is 0 Å². The second kappa shape index (κ2) is 6.01. The van der Waals surface area contributed by atoms with Crippen LogP contribution in [0.1, 0.15) is 11.3 Å². The molecule has 4 heteroatoms. The van der Waals surface area contributed by atoms with Gasteiger partial charge in [0.1, 0.15) is 0 Å². The van der Waals surface area contributed by atoms with Gasteiger partial charge in [0.25, 0.3) is 0 Å². The summed E-state index contributed by atoms with van der Waals surface area (Å²) < 4.78 is 0. The first-order valence-electron chi connectivity index (χ1n) is 5.68. The van der Waals surface area contributed by atoms with Crippen molar-refractivity contribution in [1.82, 2.24) is 9.97 Å². The maximum absolute atomic E-state index is 4.39. The van der Waals surface area contributed by atoms with Crippen molar-refractivity contribution in [2.75, 3.05) is 0 Å². The van der Waals surface area contributed by atoms with Crippen LogP contribution in [0.15, 0.2) is 50.1 Å². The summed E-state index contributed by atoms with van der Waals surface area (Å²) in [7, 11) is 3.81. The van der Waals surface area contributed by atoms with Gasteiger partial charge in [0.05, 0.1) is 11.4 Å². The minimum atomic E-state index is 0.730. The van der Waals surface area contributed by atoms with Gasteiger partial charge in [0.2, 0.25) is 0 Å². The number of nitrogens with zero attached hydrogens (tertiary/aromatic N) is 2. The first kappa shape index (κ1) is 14.0. The smallest absolute Gasteiger partial charge is 0.189 e.